The highest BCUT2D eigenvalue weighted by molar-refractivity contribution is 7.10. The number of carbonyl (C=O) groups is 1. The molecule has 2 rings (SSSR count). The number of alkyl carbamates (subject to hydrolysis) is 1. The van der Waals surface area contributed by atoms with Gasteiger partial charge in [0, 0.05) is 17.5 Å². The molecule has 0 radical (unpaired) electrons. The van der Waals surface area contributed by atoms with Crippen LogP contribution < -0.4 is 10.6 Å². The molecule has 5 heteroatoms. The summed E-state index contributed by atoms with van der Waals surface area (Å²) in [6.45, 7) is 10.4. The minimum Gasteiger partial charge on any atom is -0.444 e. The number of nitrogens with one attached hydrogen (secondary N) is 2. The van der Waals surface area contributed by atoms with Crippen LogP contribution >= 0.6 is 11.3 Å². The molecular weight excluding hydrogens is 296 g/mol. The number of hydrogen-bond acceptors (Lipinski definition) is 4. The summed E-state index contributed by atoms with van der Waals surface area (Å²) in [7, 11) is 0. The maximum Gasteiger partial charge on any atom is 0.408 e. The van der Waals surface area contributed by atoms with Gasteiger partial charge in [0.15, 0.2) is 0 Å². The Morgan fingerprint density at radius 2 is 2.05 bits per heavy atom. The van der Waals surface area contributed by atoms with Crippen molar-refractivity contribution >= 4 is 17.4 Å². The molecule has 1 fully saturated rings. The Kier molecular flexibility index (Phi) is 5.17. The van der Waals surface area contributed by atoms with Crippen LogP contribution in [0.1, 0.15) is 58.4 Å². The average Bonchev–Trinajstić information content (AvgIpc) is 3.01. The van der Waals surface area contributed by atoms with Gasteiger partial charge in [-0.25, -0.2) is 4.79 Å². The second-order valence-electron chi connectivity index (χ2n) is 7.72. The standard InChI is InChI=1S/C17H28N2O2S/c1-16(2,3)21-15(20)19-17(4,5)11-18-14(12-8-9-12)13-7-6-10-22-13/h6-7,10,12,14,18H,8-9,11H2,1-5H3,(H,19,20). The Morgan fingerprint density at radius 3 is 2.55 bits per heavy atom. The first-order valence-corrected chi connectivity index (χ1v) is 8.82. The lowest BCUT2D eigenvalue weighted by Gasteiger charge is -2.30. The van der Waals surface area contributed by atoms with Gasteiger partial charge in [0.05, 0.1) is 5.54 Å². The second-order valence-corrected chi connectivity index (χ2v) is 8.70. The predicted octanol–water partition coefficient (Wildman–Crippen LogP) is 4.09. The molecule has 1 unspecified atom stereocenters. The van der Waals surface area contributed by atoms with Gasteiger partial charge >= 0.3 is 6.09 Å². The number of thiophene rings is 1. The summed E-state index contributed by atoms with van der Waals surface area (Å²) in [5.41, 5.74) is -0.826. The quantitative estimate of drug-likeness (QED) is 0.828. The van der Waals surface area contributed by atoms with Crippen molar-refractivity contribution < 1.29 is 9.53 Å². The van der Waals surface area contributed by atoms with Crippen LogP contribution in [0.4, 0.5) is 4.79 Å². The number of rotatable bonds is 6. The monoisotopic (exact) mass is 324 g/mol. The fourth-order valence-electron chi connectivity index (χ4n) is 2.39. The van der Waals surface area contributed by atoms with E-state index in [1.165, 1.54) is 17.7 Å². The van der Waals surface area contributed by atoms with Crippen LogP contribution in [0, 0.1) is 5.92 Å². The number of ether oxygens (including phenoxy) is 1. The Labute approximate surface area is 137 Å². The number of amides is 1. The van der Waals surface area contributed by atoms with E-state index >= 15 is 0 Å². The maximum absolute atomic E-state index is 11.9. The third-order valence-corrected chi connectivity index (χ3v) is 4.50. The van der Waals surface area contributed by atoms with E-state index in [-0.39, 0.29) is 11.6 Å². The molecule has 1 aromatic rings. The van der Waals surface area contributed by atoms with Gasteiger partial charge in [-0.15, -0.1) is 11.3 Å². The van der Waals surface area contributed by atoms with Crippen molar-refractivity contribution in [3.63, 3.8) is 0 Å². The van der Waals surface area contributed by atoms with Crippen molar-refractivity contribution in [3.05, 3.63) is 22.4 Å². The molecule has 0 bridgehead atoms. The zero-order valence-electron chi connectivity index (χ0n) is 14.2. The lowest BCUT2D eigenvalue weighted by Crippen LogP contribution is -2.52. The largest absolute Gasteiger partial charge is 0.444 e. The van der Waals surface area contributed by atoms with Gasteiger partial charge in [-0.3, -0.25) is 0 Å². The van der Waals surface area contributed by atoms with Gasteiger partial charge in [-0.05, 0) is 64.8 Å². The molecule has 1 atom stereocenters. The van der Waals surface area contributed by atoms with E-state index in [0.29, 0.717) is 12.6 Å². The molecule has 2 N–H and O–H groups in total. The van der Waals surface area contributed by atoms with Crippen molar-refractivity contribution in [1.82, 2.24) is 10.6 Å². The maximum atomic E-state index is 11.9. The van der Waals surface area contributed by atoms with Gasteiger partial charge in [-0.2, -0.15) is 0 Å². The highest BCUT2D eigenvalue weighted by Crippen LogP contribution is 2.42. The fourth-order valence-corrected chi connectivity index (χ4v) is 3.28. The van der Waals surface area contributed by atoms with E-state index in [4.69, 9.17) is 4.74 Å². The SMILES string of the molecule is CC(C)(CNC(c1cccs1)C1CC1)NC(=O)OC(C)(C)C. The molecule has 1 aliphatic carbocycles. The highest BCUT2D eigenvalue weighted by Gasteiger charge is 2.34. The summed E-state index contributed by atoms with van der Waals surface area (Å²) in [5.74, 6) is 0.732. The summed E-state index contributed by atoms with van der Waals surface area (Å²) < 4.78 is 5.34. The fraction of sp³-hybridized carbons (Fsp3) is 0.706. The number of carbonyl (C=O) groups excluding carboxylic acids is 1. The Morgan fingerprint density at radius 1 is 1.36 bits per heavy atom. The van der Waals surface area contributed by atoms with E-state index in [2.05, 4.69) is 28.1 Å². The molecule has 1 aromatic heterocycles. The van der Waals surface area contributed by atoms with Gasteiger partial charge < -0.3 is 15.4 Å². The van der Waals surface area contributed by atoms with Crippen LogP contribution in [-0.4, -0.2) is 23.8 Å². The van der Waals surface area contributed by atoms with E-state index in [0.717, 1.165) is 5.92 Å². The lowest BCUT2D eigenvalue weighted by molar-refractivity contribution is 0.0470. The van der Waals surface area contributed by atoms with Crippen molar-refractivity contribution in [2.75, 3.05) is 6.54 Å². The summed E-state index contributed by atoms with van der Waals surface area (Å²) >= 11 is 1.80. The number of hydrogen-bond donors (Lipinski definition) is 2. The van der Waals surface area contributed by atoms with Crippen LogP contribution in [0.25, 0.3) is 0 Å². The Balaban J connectivity index is 1.87. The molecule has 0 spiro atoms. The second kappa shape index (κ2) is 6.59. The predicted molar refractivity (Wildman–Crippen MR) is 91.2 cm³/mol. The minimum absolute atomic E-state index is 0.354. The van der Waals surface area contributed by atoms with Crippen LogP contribution in [0.2, 0.25) is 0 Å². The average molecular weight is 324 g/mol. The molecule has 1 aliphatic rings. The molecule has 0 aliphatic heterocycles. The van der Waals surface area contributed by atoms with Gasteiger partial charge in [0.2, 0.25) is 0 Å². The Hall–Kier alpha value is -1.07. The molecule has 1 saturated carbocycles. The first-order chi connectivity index (χ1) is 10.2. The molecule has 1 heterocycles. The normalized spacial score (nSPS) is 17.1. The van der Waals surface area contributed by atoms with Crippen molar-refractivity contribution in [2.24, 2.45) is 5.92 Å². The zero-order valence-corrected chi connectivity index (χ0v) is 15.0. The Bertz CT molecular complexity index is 487. The smallest absolute Gasteiger partial charge is 0.408 e. The van der Waals surface area contributed by atoms with Gasteiger partial charge in [0.25, 0.3) is 0 Å². The van der Waals surface area contributed by atoms with Crippen LogP contribution in [0.3, 0.4) is 0 Å². The molecule has 0 saturated heterocycles. The van der Waals surface area contributed by atoms with E-state index in [1.54, 1.807) is 11.3 Å². The molecule has 4 nitrogen and oxygen atoms in total. The van der Waals surface area contributed by atoms with E-state index < -0.39 is 5.60 Å². The van der Waals surface area contributed by atoms with Crippen LogP contribution in [-0.2, 0) is 4.74 Å². The van der Waals surface area contributed by atoms with Crippen molar-refractivity contribution in [1.29, 1.82) is 0 Å². The van der Waals surface area contributed by atoms with E-state index in [1.807, 2.05) is 34.6 Å². The zero-order chi connectivity index (χ0) is 16.4. The van der Waals surface area contributed by atoms with Gasteiger partial charge in [-0.1, -0.05) is 6.07 Å². The lowest BCUT2D eigenvalue weighted by atomic mass is 10.0. The third-order valence-electron chi connectivity index (χ3n) is 3.55. The molecule has 124 valence electrons. The first kappa shape index (κ1) is 17.3. The summed E-state index contributed by atoms with van der Waals surface area (Å²) in [5, 5.41) is 8.71. The molecule has 1 amide bonds. The molecule has 0 aromatic carbocycles. The molecule has 22 heavy (non-hydrogen) atoms. The first-order valence-electron chi connectivity index (χ1n) is 7.94. The third kappa shape index (κ3) is 5.61. The highest BCUT2D eigenvalue weighted by atomic mass is 32.1. The minimum atomic E-state index is -0.471. The van der Waals surface area contributed by atoms with Gasteiger partial charge in [0.1, 0.15) is 5.60 Å². The van der Waals surface area contributed by atoms with E-state index in [9.17, 15) is 4.79 Å². The van der Waals surface area contributed by atoms with Crippen LogP contribution in [0.15, 0.2) is 17.5 Å². The van der Waals surface area contributed by atoms with Crippen molar-refractivity contribution in [2.45, 2.75) is 64.6 Å². The van der Waals surface area contributed by atoms with Crippen molar-refractivity contribution in [3.8, 4) is 0 Å². The summed E-state index contributed by atoms with van der Waals surface area (Å²) in [6, 6.07) is 4.69. The summed E-state index contributed by atoms with van der Waals surface area (Å²) in [6.07, 6.45) is 2.21. The molecular formula is C17H28N2O2S. The summed E-state index contributed by atoms with van der Waals surface area (Å²) in [4.78, 5) is 13.3. The van der Waals surface area contributed by atoms with Crippen LogP contribution in [0.5, 0.6) is 0 Å². The topological polar surface area (TPSA) is 50.4 Å².